The molecule has 0 aliphatic carbocycles. The number of imide groups is 1. The van der Waals surface area contributed by atoms with Gasteiger partial charge in [-0.25, -0.2) is 4.79 Å². The highest BCUT2D eigenvalue weighted by Gasteiger charge is 2.36. The zero-order valence-corrected chi connectivity index (χ0v) is 20.2. The summed E-state index contributed by atoms with van der Waals surface area (Å²) >= 11 is 6.14. The summed E-state index contributed by atoms with van der Waals surface area (Å²) in [5.41, 5.74) is 0.978. The van der Waals surface area contributed by atoms with Crippen molar-refractivity contribution in [1.29, 1.82) is 0 Å². The Balaban J connectivity index is 1.74. The number of halogens is 2. The molecule has 1 aliphatic rings. The zero-order chi connectivity index (χ0) is 22.5. The molecule has 0 radical (unpaired) electrons. The lowest BCUT2D eigenvalue weighted by Gasteiger charge is -2.12. The number of thioether (sulfide) groups is 1. The zero-order valence-electron chi connectivity index (χ0n) is 15.6. The summed E-state index contributed by atoms with van der Waals surface area (Å²) in [7, 11) is 0. The number of benzene rings is 2. The van der Waals surface area contributed by atoms with Gasteiger partial charge in [0.2, 0.25) is 5.91 Å². The van der Waals surface area contributed by atoms with Crippen LogP contribution in [0.15, 0.2) is 51.8 Å². The average molecular weight is 617 g/mol. The molecule has 1 aliphatic heterocycles. The van der Waals surface area contributed by atoms with E-state index < -0.39 is 36.2 Å². The first kappa shape index (κ1) is 23.3. The minimum Gasteiger partial charge on any atom is -0.481 e. The van der Waals surface area contributed by atoms with E-state index >= 15 is 0 Å². The van der Waals surface area contributed by atoms with Crippen LogP contribution < -0.4 is 10.1 Å². The van der Waals surface area contributed by atoms with Crippen molar-refractivity contribution in [2.45, 2.75) is 0 Å². The number of amides is 3. The van der Waals surface area contributed by atoms with E-state index in [0.29, 0.717) is 27.5 Å². The second-order valence-electron chi connectivity index (χ2n) is 6.19. The number of anilines is 1. The molecule has 2 aromatic rings. The highest BCUT2D eigenvalue weighted by atomic mass is 127. The summed E-state index contributed by atoms with van der Waals surface area (Å²) in [4.78, 5) is 49.0. The molecule has 0 spiro atoms. The molecule has 1 fully saturated rings. The van der Waals surface area contributed by atoms with Gasteiger partial charge in [-0.15, -0.1) is 0 Å². The Kier molecular flexibility index (Phi) is 7.73. The van der Waals surface area contributed by atoms with Gasteiger partial charge in [0.1, 0.15) is 12.3 Å². The summed E-state index contributed by atoms with van der Waals surface area (Å²) in [6.45, 7) is -0.975. The molecule has 0 aromatic heterocycles. The van der Waals surface area contributed by atoms with Gasteiger partial charge in [-0.2, -0.15) is 0 Å². The van der Waals surface area contributed by atoms with E-state index in [1.807, 2.05) is 12.1 Å². The third-order valence-electron chi connectivity index (χ3n) is 3.91. The van der Waals surface area contributed by atoms with Crippen molar-refractivity contribution in [2.24, 2.45) is 0 Å². The highest BCUT2D eigenvalue weighted by molar-refractivity contribution is 14.1. The van der Waals surface area contributed by atoms with Crippen molar-refractivity contribution in [3.63, 3.8) is 0 Å². The van der Waals surface area contributed by atoms with Gasteiger partial charge in [0.05, 0.1) is 4.91 Å². The molecule has 0 atom stereocenters. The van der Waals surface area contributed by atoms with E-state index in [4.69, 9.17) is 9.84 Å². The van der Waals surface area contributed by atoms with Gasteiger partial charge in [0.25, 0.3) is 11.1 Å². The van der Waals surface area contributed by atoms with Crippen LogP contribution in [0.4, 0.5) is 10.5 Å². The summed E-state index contributed by atoms with van der Waals surface area (Å²) in [6, 6.07) is 11.9. The molecule has 3 rings (SSSR count). The average Bonchev–Trinajstić information content (AvgIpc) is 2.96. The largest absolute Gasteiger partial charge is 0.481 e. The van der Waals surface area contributed by atoms with Crippen LogP contribution in [0, 0.1) is 3.57 Å². The predicted molar refractivity (Wildman–Crippen MR) is 128 cm³/mol. The molecule has 2 aromatic carbocycles. The second kappa shape index (κ2) is 10.3. The number of nitrogens with one attached hydrogen (secondary N) is 1. The lowest BCUT2D eigenvalue weighted by molar-refractivity contribution is -0.139. The van der Waals surface area contributed by atoms with Gasteiger partial charge < -0.3 is 15.2 Å². The molecular formula is C20H14BrIN2O6S. The van der Waals surface area contributed by atoms with E-state index in [1.165, 1.54) is 6.08 Å². The lowest BCUT2D eigenvalue weighted by atomic mass is 10.2. The number of carbonyl (C=O) groups excluding carboxylic acids is 3. The second-order valence-corrected chi connectivity index (χ2v) is 9.34. The number of ether oxygens (including phenoxy) is 1. The van der Waals surface area contributed by atoms with E-state index in [1.54, 1.807) is 30.3 Å². The number of carboxylic acids is 1. The monoisotopic (exact) mass is 616 g/mol. The number of hydrogen-bond acceptors (Lipinski definition) is 6. The normalized spacial score (nSPS) is 14.8. The molecule has 3 amide bonds. The standard InChI is InChI=1S/C20H14BrIN2O6S/c21-12-1-6-15(30-10-18(26)27)11(7-12)8-16-19(28)24(20(29)31-16)9-17(25)23-14-4-2-13(22)3-5-14/h1-8H,9-10H2,(H,23,25)(H,26,27)/b16-8+. The first-order valence-corrected chi connectivity index (χ1v) is 11.4. The van der Waals surface area contributed by atoms with Crippen LogP contribution in [0.3, 0.4) is 0 Å². The number of aliphatic carboxylic acids is 1. The quantitative estimate of drug-likeness (QED) is 0.354. The first-order chi connectivity index (χ1) is 14.7. The predicted octanol–water partition coefficient (Wildman–Crippen LogP) is 4.19. The summed E-state index contributed by atoms with van der Waals surface area (Å²) in [5.74, 6) is -2.02. The van der Waals surface area contributed by atoms with Gasteiger partial charge in [0, 0.05) is 19.3 Å². The Hall–Kier alpha value is -2.38. The van der Waals surface area contributed by atoms with Crippen LogP contribution in [-0.2, 0) is 14.4 Å². The fourth-order valence-corrected chi connectivity index (χ4v) is 4.13. The van der Waals surface area contributed by atoms with Crippen LogP contribution in [0.2, 0.25) is 0 Å². The topological polar surface area (TPSA) is 113 Å². The summed E-state index contributed by atoms with van der Waals surface area (Å²) < 4.78 is 6.93. The molecule has 2 N–H and O–H groups in total. The van der Waals surface area contributed by atoms with Crippen LogP contribution in [0.1, 0.15) is 5.56 Å². The van der Waals surface area contributed by atoms with Gasteiger partial charge >= 0.3 is 5.97 Å². The van der Waals surface area contributed by atoms with Gasteiger partial charge in [-0.3, -0.25) is 19.3 Å². The molecule has 8 nitrogen and oxygen atoms in total. The maximum absolute atomic E-state index is 12.7. The molecule has 31 heavy (non-hydrogen) atoms. The smallest absolute Gasteiger partial charge is 0.341 e. The summed E-state index contributed by atoms with van der Waals surface area (Å²) in [5, 5.41) is 10.9. The number of hydrogen-bond donors (Lipinski definition) is 2. The van der Waals surface area contributed by atoms with Crippen LogP contribution in [0.25, 0.3) is 6.08 Å². The molecule has 0 saturated carbocycles. The summed E-state index contributed by atoms with van der Waals surface area (Å²) in [6.07, 6.45) is 1.43. The SMILES string of the molecule is O=C(O)COc1ccc(Br)cc1/C=C1/SC(=O)N(CC(=O)Nc2ccc(I)cc2)C1=O. The van der Waals surface area contributed by atoms with Crippen LogP contribution in [-0.4, -0.2) is 46.2 Å². The number of carbonyl (C=O) groups is 4. The van der Waals surface area contributed by atoms with Gasteiger partial charge in [-0.1, -0.05) is 15.9 Å². The fourth-order valence-electron chi connectivity index (χ4n) is 2.56. The van der Waals surface area contributed by atoms with Crippen LogP contribution in [0.5, 0.6) is 5.75 Å². The van der Waals surface area contributed by atoms with Gasteiger partial charge in [-0.05, 0) is 82.9 Å². The minimum atomic E-state index is -1.15. The number of carboxylic acid groups (broad SMARTS) is 1. The third kappa shape index (κ3) is 6.31. The van der Waals surface area contributed by atoms with Crippen LogP contribution >= 0.6 is 50.3 Å². The van der Waals surface area contributed by atoms with Crippen molar-refractivity contribution in [1.82, 2.24) is 4.90 Å². The molecule has 160 valence electrons. The van der Waals surface area contributed by atoms with Crippen molar-refractivity contribution in [3.8, 4) is 5.75 Å². The van der Waals surface area contributed by atoms with Crippen molar-refractivity contribution >= 4 is 85.1 Å². The minimum absolute atomic E-state index is 0.102. The van der Waals surface area contributed by atoms with E-state index in [9.17, 15) is 19.2 Å². The molecule has 0 bridgehead atoms. The lowest BCUT2D eigenvalue weighted by Crippen LogP contribution is -2.36. The van der Waals surface area contributed by atoms with Crippen molar-refractivity contribution < 1.29 is 29.0 Å². The number of rotatable bonds is 7. The maximum atomic E-state index is 12.7. The Morgan fingerprint density at radius 1 is 1.19 bits per heavy atom. The molecular weight excluding hydrogens is 603 g/mol. The van der Waals surface area contributed by atoms with E-state index in [-0.39, 0.29) is 10.7 Å². The molecule has 1 heterocycles. The molecule has 11 heteroatoms. The molecule has 0 unspecified atom stereocenters. The number of nitrogens with zero attached hydrogens (tertiary/aromatic N) is 1. The fraction of sp³-hybridized carbons (Fsp3) is 0.100. The highest BCUT2D eigenvalue weighted by Crippen LogP contribution is 2.34. The van der Waals surface area contributed by atoms with E-state index in [2.05, 4.69) is 43.8 Å². The third-order valence-corrected chi connectivity index (χ3v) is 6.03. The Labute approximate surface area is 203 Å². The maximum Gasteiger partial charge on any atom is 0.341 e. The molecule has 1 saturated heterocycles. The van der Waals surface area contributed by atoms with Crippen molar-refractivity contribution in [2.75, 3.05) is 18.5 Å². The Morgan fingerprint density at radius 3 is 2.58 bits per heavy atom. The Morgan fingerprint density at radius 2 is 1.90 bits per heavy atom. The Bertz CT molecular complexity index is 1090. The van der Waals surface area contributed by atoms with Crippen molar-refractivity contribution in [3.05, 3.63) is 61.0 Å². The first-order valence-electron chi connectivity index (χ1n) is 8.68. The van der Waals surface area contributed by atoms with Gasteiger partial charge in [0.15, 0.2) is 6.61 Å². The van der Waals surface area contributed by atoms with E-state index in [0.717, 1.165) is 8.47 Å².